The van der Waals surface area contributed by atoms with Crippen molar-refractivity contribution < 1.29 is 8.42 Å². The fourth-order valence-electron chi connectivity index (χ4n) is 1.84. The highest BCUT2D eigenvalue weighted by atomic mass is 32.2. The number of hydrogen-bond acceptors (Lipinski definition) is 4. The molecular formula is C13H18N4O2S. The van der Waals surface area contributed by atoms with Gasteiger partial charge < -0.3 is 5.32 Å². The zero-order chi connectivity index (χ0) is 14.4. The third-order valence-electron chi connectivity index (χ3n) is 2.72. The lowest BCUT2D eigenvalue weighted by Crippen LogP contribution is -2.31. The van der Waals surface area contributed by atoms with E-state index in [0.29, 0.717) is 19.6 Å². The first-order chi connectivity index (χ1) is 9.56. The van der Waals surface area contributed by atoms with Crippen molar-refractivity contribution in [3.05, 3.63) is 48.3 Å². The Morgan fingerprint density at radius 2 is 2.00 bits per heavy atom. The number of benzene rings is 1. The van der Waals surface area contributed by atoms with Crippen LogP contribution in [0.4, 0.5) is 0 Å². The second-order valence-electron chi connectivity index (χ2n) is 4.42. The molecule has 108 valence electrons. The molecule has 0 fully saturated rings. The van der Waals surface area contributed by atoms with Gasteiger partial charge in [0.1, 0.15) is 0 Å². The summed E-state index contributed by atoms with van der Waals surface area (Å²) in [7, 11) is -3.12. The third kappa shape index (κ3) is 4.44. The Hall–Kier alpha value is -1.70. The van der Waals surface area contributed by atoms with Gasteiger partial charge in [-0.3, -0.25) is 0 Å². The smallest absolute Gasteiger partial charge is 0.208 e. The molecule has 0 saturated carbocycles. The van der Waals surface area contributed by atoms with Gasteiger partial charge in [-0.25, -0.2) is 17.8 Å². The Morgan fingerprint density at radius 3 is 2.70 bits per heavy atom. The van der Waals surface area contributed by atoms with Crippen LogP contribution in [-0.4, -0.2) is 37.5 Å². The van der Waals surface area contributed by atoms with Crippen LogP contribution < -0.4 is 10.0 Å². The fourth-order valence-corrected chi connectivity index (χ4v) is 2.32. The maximum Gasteiger partial charge on any atom is 0.208 e. The predicted octanol–water partition coefficient (Wildman–Crippen LogP) is 0.511. The maximum atomic E-state index is 10.9. The van der Waals surface area contributed by atoms with Crippen LogP contribution >= 0.6 is 0 Å². The Bertz CT molecular complexity index is 638. The summed E-state index contributed by atoms with van der Waals surface area (Å²) >= 11 is 0. The summed E-state index contributed by atoms with van der Waals surface area (Å²) in [6, 6.07) is 9.83. The molecule has 0 unspecified atom stereocenters. The lowest BCUT2D eigenvalue weighted by Gasteiger charge is -2.10. The van der Waals surface area contributed by atoms with Gasteiger partial charge in [0.25, 0.3) is 0 Å². The molecular weight excluding hydrogens is 276 g/mol. The summed E-state index contributed by atoms with van der Waals surface area (Å²) in [5.74, 6) is 0. The first-order valence-electron chi connectivity index (χ1n) is 6.29. The van der Waals surface area contributed by atoms with E-state index in [-0.39, 0.29) is 0 Å². The molecule has 0 saturated heterocycles. The van der Waals surface area contributed by atoms with Crippen LogP contribution in [-0.2, 0) is 16.6 Å². The monoisotopic (exact) mass is 294 g/mol. The molecule has 1 aromatic heterocycles. The van der Waals surface area contributed by atoms with E-state index >= 15 is 0 Å². The van der Waals surface area contributed by atoms with Gasteiger partial charge in [0.15, 0.2) is 0 Å². The normalized spacial score (nSPS) is 11.7. The first-order valence-corrected chi connectivity index (χ1v) is 8.19. The zero-order valence-corrected chi connectivity index (χ0v) is 12.1. The van der Waals surface area contributed by atoms with Gasteiger partial charge >= 0.3 is 0 Å². The van der Waals surface area contributed by atoms with Gasteiger partial charge in [-0.2, -0.15) is 5.10 Å². The van der Waals surface area contributed by atoms with E-state index in [4.69, 9.17) is 0 Å². The number of sulfonamides is 1. The minimum Gasteiger partial charge on any atom is -0.311 e. The van der Waals surface area contributed by atoms with Crippen molar-refractivity contribution in [3.8, 4) is 5.69 Å². The van der Waals surface area contributed by atoms with Crippen LogP contribution in [0.2, 0.25) is 0 Å². The third-order valence-corrected chi connectivity index (χ3v) is 3.45. The molecule has 2 aromatic rings. The van der Waals surface area contributed by atoms with Crippen molar-refractivity contribution >= 4 is 10.0 Å². The molecule has 20 heavy (non-hydrogen) atoms. The van der Waals surface area contributed by atoms with Gasteiger partial charge in [0.05, 0.1) is 11.9 Å². The van der Waals surface area contributed by atoms with E-state index in [1.165, 1.54) is 0 Å². The molecule has 0 aliphatic rings. The quantitative estimate of drug-likeness (QED) is 0.730. The van der Waals surface area contributed by atoms with Gasteiger partial charge in [-0.1, -0.05) is 18.2 Å². The number of aromatic nitrogens is 2. The predicted molar refractivity (Wildman–Crippen MR) is 78.1 cm³/mol. The van der Waals surface area contributed by atoms with Crippen LogP contribution in [0.15, 0.2) is 42.7 Å². The van der Waals surface area contributed by atoms with Crippen molar-refractivity contribution in [1.29, 1.82) is 0 Å². The Morgan fingerprint density at radius 1 is 1.20 bits per heavy atom. The molecule has 0 spiro atoms. The van der Waals surface area contributed by atoms with E-state index in [9.17, 15) is 8.42 Å². The van der Waals surface area contributed by atoms with Crippen LogP contribution in [0.5, 0.6) is 0 Å². The molecule has 1 heterocycles. The molecule has 0 aliphatic heterocycles. The summed E-state index contributed by atoms with van der Waals surface area (Å²) in [6.45, 7) is 1.60. The number of hydrogen-bond donors (Lipinski definition) is 2. The van der Waals surface area contributed by atoms with Gasteiger partial charge in [0.2, 0.25) is 10.0 Å². The number of nitrogens with one attached hydrogen (secondary N) is 2. The molecule has 0 atom stereocenters. The summed E-state index contributed by atoms with van der Waals surface area (Å²) in [6.07, 6.45) is 4.78. The summed E-state index contributed by atoms with van der Waals surface area (Å²) < 4.78 is 26.1. The highest BCUT2D eigenvalue weighted by Crippen LogP contribution is 2.12. The second kappa shape index (κ2) is 6.65. The Labute approximate surface area is 118 Å². The molecule has 2 N–H and O–H groups in total. The minimum absolute atomic E-state index is 0.378. The van der Waals surface area contributed by atoms with E-state index in [0.717, 1.165) is 17.5 Å². The maximum absolute atomic E-state index is 10.9. The Balaban J connectivity index is 1.91. The van der Waals surface area contributed by atoms with Crippen LogP contribution in [0, 0.1) is 0 Å². The number of nitrogens with zero attached hydrogens (tertiary/aromatic N) is 2. The molecule has 0 radical (unpaired) electrons. The SMILES string of the molecule is CS(=O)(=O)NCCNCc1ccccc1-n1cccn1. The van der Waals surface area contributed by atoms with E-state index < -0.39 is 10.0 Å². The first kappa shape index (κ1) is 14.7. The van der Waals surface area contributed by atoms with Gasteiger partial charge in [-0.15, -0.1) is 0 Å². The Kier molecular flexibility index (Phi) is 4.89. The standard InChI is InChI=1S/C13H18N4O2S/c1-20(18,19)16-9-8-14-11-12-5-2-3-6-13(12)17-10-4-7-15-17/h2-7,10,14,16H,8-9,11H2,1H3. The van der Waals surface area contributed by atoms with Gasteiger partial charge in [-0.05, 0) is 17.7 Å². The summed E-state index contributed by atoms with van der Waals surface area (Å²) in [5, 5.41) is 7.43. The van der Waals surface area contributed by atoms with E-state index in [1.807, 2.05) is 41.2 Å². The van der Waals surface area contributed by atoms with Crippen molar-refractivity contribution in [2.75, 3.05) is 19.3 Å². The fraction of sp³-hybridized carbons (Fsp3) is 0.308. The average Bonchev–Trinajstić information content (AvgIpc) is 2.91. The van der Waals surface area contributed by atoms with Gasteiger partial charge in [0, 0.05) is 32.0 Å². The van der Waals surface area contributed by atoms with Crippen molar-refractivity contribution in [2.24, 2.45) is 0 Å². The van der Waals surface area contributed by atoms with Crippen molar-refractivity contribution in [3.63, 3.8) is 0 Å². The van der Waals surface area contributed by atoms with Crippen LogP contribution in [0.1, 0.15) is 5.56 Å². The largest absolute Gasteiger partial charge is 0.311 e. The highest BCUT2D eigenvalue weighted by molar-refractivity contribution is 7.88. The van der Waals surface area contributed by atoms with E-state index in [1.54, 1.807) is 6.20 Å². The summed E-state index contributed by atoms with van der Waals surface area (Å²) in [4.78, 5) is 0. The lowest BCUT2D eigenvalue weighted by molar-refractivity contribution is 0.581. The van der Waals surface area contributed by atoms with E-state index in [2.05, 4.69) is 15.1 Å². The molecule has 0 aliphatic carbocycles. The second-order valence-corrected chi connectivity index (χ2v) is 6.26. The van der Waals surface area contributed by atoms with Crippen LogP contribution in [0.25, 0.3) is 5.69 Å². The number of para-hydroxylation sites is 1. The topological polar surface area (TPSA) is 76.0 Å². The molecule has 0 amide bonds. The average molecular weight is 294 g/mol. The highest BCUT2D eigenvalue weighted by Gasteiger charge is 2.04. The summed E-state index contributed by atoms with van der Waals surface area (Å²) in [5.41, 5.74) is 2.12. The number of rotatable bonds is 7. The molecule has 2 rings (SSSR count). The van der Waals surface area contributed by atoms with Crippen LogP contribution in [0.3, 0.4) is 0 Å². The zero-order valence-electron chi connectivity index (χ0n) is 11.3. The molecule has 6 nitrogen and oxygen atoms in total. The molecule has 0 bridgehead atoms. The van der Waals surface area contributed by atoms with Crippen molar-refractivity contribution in [1.82, 2.24) is 19.8 Å². The van der Waals surface area contributed by atoms with Crippen molar-refractivity contribution in [2.45, 2.75) is 6.54 Å². The molecule has 1 aromatic carbocycles. The minimum atomic E-state index is -3.12. The molecule has 7 heteroatoms. The lowest BCUT2D eigenvalue weighted by atomic mass is 10.2.